The molecule has 3 nitrogen and oxygen atoms in total. The van der Waals surface area contributed by atoms with Gasteiger partial charge in [-0.3, -0.25) is 0 Å². The summed E-state index contributed by atoms with van der Waals surface area (Å²) in [5, 5.41) is 0. The summed E-state index contributed by atoms with van der Waals surface area (Å²) in [7, 11) is 4.24. The topological polar surface area (TPSA) is 18.0 Å². The third-order valence-electron chi connectivity index (χ3n) is 5.44. The molecule has 0 N–H and O–H groups in total. The minimum Gasteiger partial charge on any atom is -1.00 e. The highest BCUT2D eigenvalue weighted by atomic mass is 127. The van der Waals surface area contributed by atoms with Crippen molar-refractivity contribution < 1.29 is 33.3 Å². The summed E-state index contributed by atoms with van der Waals surface area (Å²) in [6.07, 6.45) is -0.149. The highest BCUT2D eigenvalue weighted by Gasteiger charge is 2.30. The zero-order chi connectivity index (χ0) is 19.7. The number of nitrogens with zero attached hydrogens (tertiary/aromatic N) is 2. The van der Waals surface area contributed by atoms with Gasteiger partial charge in [0.25, 0.3) is 5.82 Å². The molecule has 4 heteroatoms. The van der Waals surface area contributed by atoms with Crippen LogP contribution in [-0.4, -0.2) is 4.57 Å². The summed E-state index contributed by atoms with van der Waals surface area (Å²) in [6.45, 7) is 4.79. The van der Waals surface area contributed by atoms with Gasteiger partial charge in [-0.1, -0.05) is 71.8 Å². The van der Waals surface area contributed by atoms with Crippen molar-refractivity contribution in [3.05, 3.63) is 101 Å². The van der Waals surface area contributed by atoms with Crippen LogP contribution in [0.5, 0.6) is 0 Å². The molecule has 4 aromatic rings. The number of imidazole rings is 1. The number of rotatable bonds is 5. The molecule has 4 rings (SSSR count). The summed E-state index contributed by atoms with van der Waals surface area (Å²) in [5.74, 6) is 1.14. The van der Waals surface area contributed by atoms with E-state index in [1.807, 2.05) is 0 Å². The van der Waals surface area contributed by atoms with E-state index >= 15 is 0 Å². The summed E-state index contributed by atoms with van der Waals surface area (Å²) in [6, 6.07) is 25.7. The third-order valence-corrected chi connectivity index (χ3v) is 5.44. The summed E-state index contributed by atoms with van der Waals surface area (Å²) >= 11 is 0. The first-order valence-corrected chi connectivity index (χ1v) is 9.71. The van der Waals surface area contributed by atoms with E-state index in [-0.39, 0.29) is 30.1 Å². The number of para-hydroxylation sites is 2. The lowest BCUT2D eigenvalue weighted by molar-refractivity contribution is -0.657. The Hall–Kier alpha value is -2.18. The Balaban J connectivity index is 0.00000240. The second-order valence-electron chi connectivity index (χ2n) is 7.55. The fourth-order valence-corrected chi connectivity index (χ4v) is 3.78. The SMILES string of the molecule is Cc1ccc(COC(c2ccc(C)cc2)c2n(C)c3ccccc3[n+]2C)cc1.[I-]. The molecule has 150 valence electrons. The molecule has 0 aliphatic carbocycles. The lowest BCUT2D eigenvalue weighted by Crippen LogP contribution is -3.00. The molecule has 0 aliphatic heterocycles. The fraction of sp³-hybridized carbons (Fsp3) is 0.240. The van der Waals surface area contributed by atoms with E-state index in [1.165, 1.54) is 33.3 Å². The van der Waals surface area contributed by atoms with Gasteiger partial charge in [0.15, 0.2) is 17.1 Å². The zero-order valence-electron chi connectivity index (χ0n) is 17.4. The Labute approximate surface area is 190 Å². The second-order valence-corrected chi connectivity index (χ2v) is 7.55. The van der Waals surface area contributed by atoms with Crippen molar-refractivity contribution in [2.75, 3.05) is 0 Å². The highest BCUT2D eigenvalue weighted by molar-refractivity contribution is 5.72. The van der Waals surface area contributed by atoms with Gasteiger partial charge in [-0.05, 0) is 37.1 Å². The van der Waals surface area contributed by atoms with E-state index in [1.54, 1.807) is 0 Å². The van der Waals surface area contributed by atoms with Crippen LogP contribution >= 0.6 is 0 Å². The molecule has 0 fully saturated rings. The molecule has 0 amide bonds. The van der Waals surface area contributed by atoms with E-state index in [0.717, 1.165) is 5.82 Å². The van der Waals surface area contributed by atoms with Crippen LogP contribution in [0.1, 0.15) is 34.2 Å². The van der Waals surface area contributed by atoms with E-state index in [4.69, 9.17) is 4.74 Å². The monoisotopic (exact) mass is 498 g/mol. The zero-order valence-corrected chi connectivity index (χ0v) is 19.6. The molecule has 1 atom stereocenters. The maximum atomic E-state index is 6.53. The number of fused-ring (bicyclic) bond motifs is 1. The van der Waals surface area contributed by atoms with Gasteiger partial charge in [-0.25, -0.2) is 9.13 Å². The van der Waals surface area contributed by atoms with Crippen LogP contribution < -0.4 is 28.5 Å². The first-order valence-electron chi connectivity index (χ1n) is 9.71. The van der Waals surface area contributed by atoms with Crippen LogP contribution in [0.4, 0.5) is 0 Å². The van der Waals surface area contributed by atoms with E-state index in [2.05, 4.69) is 110 Å². The largest absolute Gasteiger partial charge is 1.00 e. The van der Waals surface area contributed by atoms with Crippen LogP contribution in [-0.2, 0) is 25.4 Å². The van der Waals surface area contributed by atoms with Crippen LogP contribution in [0.2, 0.25) is 0 Å². The molecule has 1 heterocycles. The van der Waals surface area contributed by atoms with Gasteiger partial charge in [0.2, 0.25) is 0 Å². The van der Waals surface area contributed by atoms with Gasteiger partial charge in [-0.15, -0.1) is 0 Å². The van der Waals surface area contributed by atoms with Gasteiger partial charge >= 0.3 is 0 Å². The molecular weight excluding hydrogens is 471 g/mol. The van der Waals surface area contributed by atoms with Crippen molar-refractivity contribution in [1.82, 2.24) is 4.57 Å². The van der Waals surface area contributed by atoms with Crippen molar-refractivity contribution >= 4 is 11.0 Å². The first kappa shape index (κ1) is 21.5. The molecule has 1 unspecified atom stereocenters. The van der Waals surface area contributed by atoms with Gasteiger partial charge in [0.1, 0.15) is 0 Å². The number of aryl methyl sites for hydroxylation is 4. The third kappa shape index (κ3) is 4.38. The van der Waals surface area contributed by atoms with Crippen LogP contribution in [0, 0.1) is 13.8 Å². The maximum absolute atomic E-state index is 6.53. The van der Waals surface area contributed by atoms with Crippen molar-refractivity contribution in [1.29, 1.82) is 0 Å². The average Bonchev–Trinajstić information content (AvgIpc) is 2.96. The lowest BCUT2D eigenvalue weighted by Gasteiger charge is -2.17. The van der Waals surface area contributed by atoms with E-state index in [9.17, 15) is 0 Å². The Morgan fingerprint density at radius 1 is 0.862 bits per heavy atom. The molecule has 1 aromatic heterocycles. The smallest absolute Gasteiger partial charge is 0.291 e. The molecule has 0 spiro atoms. The van der Waals surface area contributed by atoms with Gasteiger partial charge < -0.3 is 28.7 Å². The summed E-state index contributed by atoms with van der Waals surface area (Å²) in [4.78, 5) is 0. The van der Waals surface area contributed by atoms with Gasteiger partial charge in [0, 0.05) is 0 Å². The Morgan fingerprint density at radius 3 is 2.07 bits per heavy atom. The molecule has 29 heavy (non-hydrogen) atoms. The second kappa shape index (κ2) is 9.09. The maximum Gasteiger partial charge on any atom is 0.291 e. The van der Waals surface area contributed by atoms with E-state index in [0.29, 0.717) is 6.61 Å². The number of ether oxygens (including phenoxy) is 1. The van der Waals surface area contributed by atoms with Crippen LogP contribution in [0.3, 0.4) is 0 Å². The van der Waals surface area contributed by atoms with Crippen molar-refractivity contribution in [2.24, 2.45) is 14.1 Å². The van der Waals surface area contributed by atoms with Crippen LogP contribution in [0.25, 0.3) is 11.0 Å². The summed E-state index contributed by atoms with van der Waals surface area (Å²) in [5.41, 5.74) is 7.27. The van der Waals surface area contributed by atoms with Crippen LogP contribution in [0.15, 0.2) is 72.8 Å². The standard InChI is InChI=1S/C25H27N2O.HI/c1-18-9-13-20(14-10-18)17-28-24(21-15-11-19(2)12-16-21)25-26(3)22-7-5-6-8-23(22)27(25)4;/h5-16,24H,17H2,1-4H3;1H/q+1;/p-1. The molecule has 0 aliphatic rings. The summed E-state index contributed by atoms with van der Waals surface area (Å²) < 4.78 is 11.0. The molecule has 0 radical (unpaired) electrons. The van der Waals surface area contributed by atoms with E-state index < -0.39 is 0 Å². The highest BCUT2D eigenvalue weighted by Crippen LogP contribution is 2.28. The molecule has 0 saturated heterocycles. The first-order chi connectivity index (χ1) is 13.5. The number of hydrogen-bond acceptors (Lipinski definition) is 1. The molecule has 0 bridgehead atoms. The van der Waals surface area contributed by atoms with Gasteiger partial charge in [-0.2, -0.15) is 0 Å². The normalized spacial score (nSPS) is 12.0. The van der Waals surface area contributed by atoms with Crippen molar-refractivity contribution in [2.45, 2.75) is 26.6 Å². The van der Waals surface area contributed by atoms with Crippen molar-refractivity contribution in [3.63, 3.8) is 0 Å². The fourth-order valence-electron chi connectivity index (χ4n) is 3.78. The Morgan fingerprint density at radius 2 is 1.45 bits per heavy atom. The number of hydrogen-bond donors (Lipinski definition) is 0. The Kier molecular flexibility index (Phi) is 6.75. The van der Waals surface area contributed by atoms with Crippen molar-refractivity contribution in [3.8, 4) is 0 Å². The predicted molar refractivity (Wildman–Crippen MR) is 113 cm³/mol. The molecule has 3 aromatic carbocycles. The minimum atomic E-state index is -0.149. The predicted octanol–water partition coefficient (Wildman–Crippen LogP) is 1.93. The average molecular weight is 498 g/mol. The molecule has 0 saturated carbocycles. The number of aromatic nitrogens is 2. The Bertz CT molecular complexity index is 1060. The lowest BCUT2D eigenvalue weighted by atomic mass is 10.1. The number of benzene rings is 3. The molecular formula is C25H27IN2O. The van der Waals surface area contributed by atoms with Gasteiger partial charge in [0.05, 0.1) is 20.7 Å². The quantitative estimate of drug-likeness (QED) is 0.304. The minimum absolute atomic E-state index is 0. The number of halogens is 1.